The summed E-state index contributed by atoms with van der Waals surface area (Å²) in [6.07, 6.45) is -0.834. The quantitative estimate of drug-likeness (QED) is 0.549. The van der Waals surface area contributed by atoms with Crippen molar-refractivity contribution in [3.8, 4) is 5.75 Å². The van der Waals surface area contributed by atoms with E-state index in [4.69, 9.17) is 14.2 Å². The zero-order chi connectivity index (χ0) is 24.1. The van der Waals surface area contributed by atoms with Crippen molar-refractivity contribution in [3.05, 3.63) is 45.8 Å². The molecule has 1 heterocycles. The summed E-state index contributed by atoms with van der Waals surface area (Å²) in [5.41, 5.74) is 1.73. The van der Waals surface area contributed by atoms with Gasteiger partial charge in [-0.2, -0.15) is 0 Å². The van der Waals surface area contributed by atoms with Crippen LogP contribution in [0.25, 0.3) is 0 Å². The zero-order valence-corrected chi connectivity index (χ0v) is 20.5. The first-order valence-corrected chi connectivity index (χ1v) is 11.4. The van der Waals surface area contributed by atoms with Gasteiger partial charge in [-0.1, -0.05) is 32.9 Å². The van der Waals surface area contributed by atoms with E-state index in [1.165, 1.54) is 0 Å². The van der Waals surface area contributed by atoms with Crippen LogP contribution in [0.15, 0.2) is 24.3 Å². The van der Waals surface area contributed by atoms with Crippen LogP contribution in [0.3, 0.4) is 0 Å². The molecule has 0 aliphatic heterocycles. The minimum absolute atomic E-state index is 0.0126. The van der Waals surface area contributed by atoms with Crippen LogP contribution in [-0.4, -0.2) is 37.2 Å². The lowest BCUT2D eigenvalue weighted by Gasteiger charge is -2.20. The fourth-order valence-corrected chi connectivity index (χ4v) is 4.04. The number of hydrogen-bond donors (Lipinski definition) is 1. The third-order valence-corrected chi connectivity index (χ3v) is 5.91. The van der Waals surface area contributed by atoms with E-state index in [0.29, 0.717) is 11.3 Å². The summed E-state index contributed by atoms with van der Waals surface area (Å²) in [5, 5.41) is 2.94. The molecule has 0 saturated heterocycles. The van der Waals surface area contributed by atoms with Crippen molar-refractivity contribution < 1.29 is 28.6 Å². The molecular formula is C24H31NO6S. The Kier molecular flexibility index (Phi) is 8.44. The van der Waals surface area contributed by atoms with Gasteiger partial charge in [-0.05, 0) is 56.4 Å². The molecule has 0 bridgehead atoms. The lowest BCUT2D eigenvalue weighted by Crippen LogP contribution is -2.30. The molecule has 1 atom stereocenters. The van der Waals surface area contributed by atoms with Crippen molar-refractivity contribution in [2.24, 2.45) is 0 Å². The molecule has 2 aromatic rings. The molecule has 8 heteroatoms. The second-order valence-corrected chi connectivity index (χ2v) is 9.25. The molecule has 0 aliphatic rings. The predicted octanol–water partition coefficient (Wildman–Crippen LogP) is 5.11. The van der Waals surface area contributed by atoms with E-state index < -0.39 is 23.9 Å². The fourth-order valence-electron chi connectivity index (χ4n) is 2.95. The largest absolute Gasteiger partial charge is 0.481 e. The molecule has 1 amide bonds. The highest BCUT2D eigenvalue weighted by atomic mass is 32.1. The van der Waals surface area contributed by atoms with Crippen molar-refractivity contribution in [2.75, 3.05) is 18.5 Å². The van der Waals surface area contributed by atoms with Crippen LogP contribution >= 0.6 is 11.3 Å². The number of hydrogen-bond acceptors (Lipinski definition) is 7. The third-order valence-electron chi connectivity index (χ3n) is 4.73. The van der Waals surface area contributed by atoms with Gasteiger partial charge < -0.3 is 19.5 Å². The molecule has 0 spiro atoms. The maximum Gasteiger partial charge on any atom is 0.348 e. The van der Waals surface area contributed by atoms with Crippen LogP contribution < -0.4 is 10.1 Å². The zero-order valence-electron chi connectivity index (χ0n) is 19.7. The third kappa shape index (κ3) is 6.09. The van der Waals surface area contributed by atoms with Gasteiger partial charge in [-0.25, -0.2) is 9.59 Å². The smallest absolute Gasteiger partial charge is 0.348 e. The highest BCUT2D eigenvalue weighted by molar-refractivity contribution is 7.18. The van der Waals surface area contributed by atoms with E-state index >= 15 is 0 Å². The summed E-state index contributed by atoms with van der Waals surface area (Å²) in [7, 11) is 0. The molecule has 2 rings (SSSR count). The maximum atomic E-state index is 12.8. The van der Waals surface area contributed by atoms with Gasteiger partial charge in [0.1, 0.15) is 15.6 Å². The minimum atomic E-state index is -0.834. The Bertz CT molecular complexity index is 972. The molecule has 1 unspecified atom stereocenters. The SMILES string of the molecule is CCOC(=O)c1sc(NC(=O)C(C)Oc2ccc(C(C)(C)C)cc2)c(C(=O)OCC)c1C. The van der Waals surface area contributed by atoms with Crippen LogP contribution in [0.1, 0.15) is 72.7 Å². The first-order chi connectivity index (χ1) is 15.0. The molecule has 1 N–H and O–H groups in total. The molecule has 1 aromatic carbocycles. The monoisotopic (exact) mass is 461 g/mol. The Labute approximate surface area is 193 Å². The number of thiophene rings is 1. The normalized spacial score (nSPS) is 12.1. The molecule has 0 radical (unpaired) electrons. The maximum absolute atomic E-state index is 12.8. The van der Waals surface area contributed by atoms with E-state index in [9.17, 15) is 14.4 Å². The summed E-state index contributed by atoms with van der Waals surface area (Å²) in [6.45, 7) is 13.3. The lowest BCUT2D eigenvalue weighted by molar-refractivity contribution is -0.122. The second-order valence-electron chi connectivity index (χ2n) is 8.22. The summed E-state index contributed by atoms with van der Waals surface area (Å²) in [5.74, 6) is -1.06. The number of amides is 1. The number of ether oxygens (including phenoxy) is 3. The Morgan fingerprint density at radius 2 is 1.56 bits per heavy atom. The molecule has 0 saturated carbocycles. The first-order valence-electron chi connectivity index (χ1n) is 10.5. The molecular weight excluding hydrogens is 430 g/mol. The molecule has 7 nitrogen and oxygen atoms in total. The number of carbonyl (C=O) groups is 3. The summed E-state index contributed by atoms with van der Waals surface area (Å²) >= 11 is 0.982. The van der Waals surface area contributed by atoms with Gasteiger partial charge in [0, 0.05) is 0 Å². The van der Waals surface area contributed by atoms with Crippen molar-refractivity contribution >= 4 is 34.2 Å². The van der Waals surface area contributed by atoms with Crippen LogP contribution in [0.4, 0.5) is 5.00 Å². The van der Waals surface area contributed by atoms with Crippen LogP contribution in [0.5, 0.6) is 5.75 Å². The molecule has 32 heavy (non-hydrogen) atoms. The Balaban J connectivity index is 2.22. The van der Waals surface area contributed by atoms with Crippen molar-refractivity contribution in [3.63, 3.8) is 0 Å². The second kappa shape index (κ2) is 10.6. The van der Waals surface area contributed by atoms with Crippen molar-refractivity contribution in [1.29, 1.82) is 0 Å². The van der Waals surface area contributed by atoms with E-state index in [1.807, 2.05) is 24.3 Å². The fraction of sp³-hybridized carbons (Fsp3) is 0.458. The average Bonchev–Trinajstić information content (AvgIpc) is 3.04. The number of rotatable bonds is 8. The molecule has 1 aromatic heterocycles. The predicted molar refractivity (Wildman–Crippen MR) is 125 cm³/mol. The van der Waals surface area contributed by atoms with Crippen LogP contribution in [0, 0.1) is 6.92 Å². The van der Waals surface area contributed by atoms with Gasteiger partial charge in [0.05, 0.1) is 18.8 Å². The van der Waals surface area contributed by atoms with E-state index in [2.05, 4.69) is 26.1 Å². The first kappa shape index (κ1) is 25.4. The average molecular weight is 462 g/mol. The highest BCUT2D eigenvalue weighted by Gasteiger charge is 2.28. The van der Waals surface area contributed by atoms with Crippen molar-refractivity contribution in [1.82, 2.24) is 0 Å². The number of benzene rings is 1. The highest BCUT2D eigenvalue weighted by Crippen LogP contribution is 2.34. The van der Waals surface area contributed by atoms with Crippen molar-refractivity contribution in [2.45, 2.75) is 60.0 Å². The molecule has 0 fully saturated rings. The number of carbonyl (C=O) groups excluding carboxylic acids is 3. The number of nitrogens with one attached hydrogen (secondary N) is 1. The summed E-state index contributed by atoms with van der Waals surface area (Å²) < 4.78 is 15.9. The van der Waals surface area contributed by atoms with Gasteiger partial charge in [-0.3, -0.25) is 4.79 Å². The Morgan fingerprint density at radius 1 is 1.00 bits per heavy atom. The molecule has 0 aliphatic carbocycles. The Morgan fingerprint density at radius 3 is 2.09 bits per heavy atom. The minimum Gasteiger partial charge on any atom is -0.481 e. The van der Waals surface area contributed by atoms with E-state index in [-0.39, 0.29) is 34.1 Å². The standard InChI is InChI=1S/C24H31NO6S/c1-8-29-22(27)18-14(3)19(23(28)30-9-2)32-21(18)25-20(26)15(4)31-17-12-10-16(11-13-17)24(5,6)7/h10-13,15H,8-9H2,1-7H3,(H,25,26). The lowest BCUT2D eigenvalue weighted by atomic mass is 9.87. The Hall–Kier alpha value is -2.87. The number of anilines is 1. The van der Waals surface area contributed by atoms with E-state index in [0.717, 1.165) is 16.9 Å². The van der Waals surface area contributed by atoms with Gasteiger partial charge in [0.2, 0.25) is 0 Å². The van der Waals surface area contributed by atoms with Gasteiger partial charge >= 0.3 is 11.9 Å². The number of esters is 2. The van der Waals surface area contributed by atoms with Gasteiger partial charge in [0.25, 0.3) is 5.91 Å². The van der Waals surface area contributed by atoms with E-state index in [1.54, 1.807) is 27.7 Å². The van der Waals surface area contributed by atoms with Crippen LogP contribution in [-0.2, 0) is 19.7 Å². The van der Waals surface area contributed by atoms with Gasteiger partial charge in [0.15, 0.2) is 6.10 Å². The van der Waals surface area contributed by atoms with Crippen LogP contribution in [0.2, 0.25) is 0 Å². The topological polar surface area (TPSA) is 90.9 Å². The summed E-state index contributed by atoms with van der Waals surface area (Å²) in [6, 6.07) is 7.57. The van der Waals surface area contributed by atoms with Gasteiger partial charge in [-0.15, -0.1) is 11.3 Å². The summed E-state index contributed by atoms with van der Waals surface area (Å²) in [4.78, 5) is 37.8. The molecule has 174 valence electrons.